The first-order chi connectivity index (χ1) is 19.5. The Hall–Kier alpha value is -1.80. The lowest BCUT2D eigenvalue weighted by atomic mass is 9.55. The van der Waals surface area contributed by atoms with Gasteiger partial charge >= 0.3 is 18.0 Å². The monoisotopic (exact) mass is 620 g/mol. The summed E-state index contributed by atoms with van der Waals surface area (Å²) < 4.78 is 79.9. The highest BCUT2D eigenvalue weighted by Gasteiger charge is 2.70. The maximum Gasteiger partial charge on any atom is 0.438 e. The van der Waals surface area contributed by atoms with Gasteiger partial charge in [-0.15, -0.1) is 0 Å². The van der Waals surface area contributed by atoms with Crippen LogP contribution in [0.15, 0.2) is 35.5 Å². The van der Waals surface area contributed by atoms with Crippen LogP contribution in [-0.2, 0) is 0 Å². The predicted octanol–water partition coefficient (Wildman–Crippen LogP) is 7.32. The summed E-state index contributed by atoms with van der Waals surface area (Å²) in [6.45, 7) is 11.3. The van der Waals surface area contributed by atoms with Gasteiger partial charge in [-0.2, -0.15) is 26.3 Å². The molecule has 3 aliphatic carbocycles. The number of alkyl halides is 6. The Morgan fingerprint density at radius 3 is 2.19 bits per heavy atom. The van der Waals surface area contributed by atoms with Gasteiger partial charge in [0.2, 0.25) is 0 Å². The molecule has 244 valence electrons. The molecule has 3 fully saturated rings. The Balaban J connectivity index is 1.95. The average Bonchev–Trinajstić information content (AvgIpc) is 3.21. The normalized spacial score (nSPS) is 32.4. The van der Waals surface area contributed by atoms with Gasteiger partial charge in [0.15, 0.2) is 0 Å². The molecule has 1 unspecified atom stereocenters. The molecule has 4 nitrogen and oxygen atoms in total. The van der Waals surface area contributed by atoms with E-state index in [1.807, 2.05) is 19.1 Å². The maximum atomic E-state index is 13.3. The maximum absolute atomic E-state index is 13.3. The minimum atomic E-state index is -6.01. The summed E-state index contributed by atoms with van der Waals surface area (Å²) >= 11 is 0. The summed E-state index contributed by atoms with van der Waals surface area (Å²) in [7, 11) is 0. The molecule has 0 radical (unpaired) electrons. The van der Waals surface area contributed by atoms with Crippen molar-refractivity contribution in [3.8, 4) is 11.8 Å². The molecule has 0 heterocycles. The van der Waals surface area contributed by atoms with Gasteiger partial charge < -0.3 is 20.4 Å². The van der Waals surface area contributed by atoms with E-state index in [0.29, 0.717) is 37.7 Å². The summed E-state index contributed by atoms with van der Waals surface area (Å²) in [5, 5.41) is 40.2. The molecule has 6 atom stereocenters. The van der Waals surface area contributed by atoms with Gasteiger partial charge in [-0.25, -0.2) is 0 Å². The molecule has 0 aliphatic heterocycles. The third kappa shape index (κ3) is 7.71. The van der Waals surface area contributed by atoms with Crippen LogP contribution in [0.25, 0.3) is 0 Å². The predicted molar refractivity (Wildman–Crippen MR) is 152 cm³/mol. The summed E-state index contributed by atoms with van der Waals surface area (Å²) in [5.74, 6) is 3.35. The van der Waals surface area contributed by atoms with E-state index in [-0.39, 0.29) is 30.1 Å². The van der Waals surface area contributed by atoms with Gasteiger partial charge in [0.25, 0.3) is 0 Å². The van der Waals surface area contributed by atoms with Gasteiger partial charge in [-0.3, -0.25) is 0 Å². The highest BCUT2D eigenvalue weighted by Crippen LogP contribution is 2.63. The van der Waals surface area contributed by atoms with Crippen LogP contribution in [0.5, 0.6) is 0 Å². The van der Waals surface area contributed by atoms with E-state index in [4.69, 9.17) is 0 Å². The van der Waals surface area contributed by atoms with Crippen LogP contribution in [0.2, 0.25) is 0 Å². The summed E-state index contributed by atoms with van der Waals surface area (Å²) in [6, 6.07) is 0. The average molecular weight is 621 g/mol. The molecule has 0 aromatic rings. The van der Waals surface area contributed by atoms with Gasteiger partial charge in [0, 0.05) is 12.8 Å². The third-order valence-electron chi connectivity index (χ3n) is 10.2. The molecule has 0 saturated heterocycles. The zero-order chi connectivity index (χ0) is 32.6. The first-order valence-electron chi connectivity index (χ1n) is 15.1. The lowest BCUT2D eigenvalue weighted by Crippen LogP contribution is -2.55. The van der Waals surface area contributed by atoms with Crippen LogP contribution in [0.3, 0.4) is 0 Å². The minimum Gasteiger partial charge on any atom is -0.393 e. The number of hydrogen-bond donors (Lipinski definition) is 4. The van der Waals surface area contributed by atoms with Crippen molar-refractivity contribution in [2.45, 2.75) is 134 Å². The number of halogens is 6. The summed E-state index contributed by atoms with van der Waals surface area (Å²) in [5.41, 5.74) is -4.60. The molecular weight excluding hydrogens is 574 g/mol. The standard InChI is InChI=1S/C33H46F6O4/c1-21-23(19-24(40)20-26(21)41)11-10-22-9-6-17-30(5)25(22)12-13-27(30)29(4,15-7-14-28(2,3)42)16-8-18-31(43,32(34,35)36)33(37,38)39/h10-11,24-27,40-43H,1,6-7,9,12-17,19-20H2,2-5H3/b22-10+,23-11-/t24-,25?,26+,27-,29-,30+/m1/s1. The van der Waals surface area contributed by atoms with Crippen LogP contribution in [0.4, 0.5) is 26.3 Å². The van der Waals surface area contributed by atoms with E-state index in [0.717, 1.165) is 37.2 Å². The molecule has 0 amide bonds. The lowest BCUT2D eigenvalue weighted by molar-refractivity contribution is -0.343. The molecule has 0 bridgehead atoms. The topological polar surface area (TPSA) is 80.9 Å². The second-order valence-electron chi connectivity index (χ2n) is 14.1. The van der Waals surface area contributed by atoms with Crippen molar-refractivity contribution < 1.29 is 46.8 Å². The Morgan fingerprint density at radius 1 is 0.977 bits per heavy atom. The number of hydrogen-bond acceptors (Lipinski definition) is 4. The molecular formula is C33H46F6O4. The fourth-order valence-corrected chi connectivity index (χ4v) is 7.84. The zero-order valence-electron chi connectivity index (χ0n) is 25.5. The highest BCUT2D eigenvalue weighted by molar-refractivity contribution is 5.39. The molecule has 0 spiro atoms. The van der Waals surface area contributed by atoms with E-state index in [2.05, 4.69) is 19.4 Å². The number of rotatable bonds is 7. The van der Waals surface area contributed by atoms with Crippen LogP contribution >= 0.6 is 0 Å². The van der Waals surface area contributed by atoms with Crippen LogP contribution in [0, 0.1) is 34.5 Å². The smallest absolute Gasteiger partial charge is 0.393 e. The minimum absolute atomic E-state index is 0.0735. The Kier molecular flexibility index (Phi) is 10.4. The van der Waals surface area contributed by atoms with Crippen LogP contribution in [0.1, 0.15) is 98.3 Å². The Labute approximate surface area is 251 Å². The second-order valence-corrected chi connectivity index (χ2v) is 14.1. The molecule has 43 heavy (non-hydrogen) atoms. The molecule has 3 aliphatic rings. The van der Waals surface area contributed by atoms with Crippen molar-refractivity contribution in [1.82, 2.24) is 0 Å². The van der Waals surface area contributed by atoms with Crippen molar-refractivity contribution >= 4 is 0 Å². The number of fused-ring (bicyclic) bond motifs is 1. The Bertz CT molecular complexity index is 1140. The molecule has 3 saturated carbocycles. The molecule has 4 N–H and O–H groups in total. The van der Waals surface area contributed by atoms with E-state index in [9.17, 15) is 46.8 Å². The third-order valence-corrected chi connectivity index (χ3v) is 10.2. The number of aliphatic hydroxyl groups excluding tert-OH is 2. The van der Waals surface area contributed by atoms with Gasteiger partial charge in [0.1, 0.15) is 0 Å². The van der Waals surface area contributed by atoms with Crippen molar-refractivity contribution in [3.05, 3.63) is 35.5 Å². The van der Waals surface area contributed by atoms with E-state index in [1.165, 1.54) is 5.57 Å². The molecule has 3 rings (SSSR count). The summed E-state index contributed by atoms with van der Waals surface area (Å²) in [6.07, 6.45) is -3.77. The van der Waals surface area contributed by atoms with Gasteiger partial charge in [-0.1, -0.05) is 50.5 Å². The van der Waals surface area contributed by atoms with E-state index < -0.39 is 41.2 Å². The van der Waals surface area contributed by atoms with Crippen LogP contribution in [-0.4, -0.2) is 56.2 Å². The number of aliphatic hydroxyl groups is 4. The van der Waals surface area contributed by atoms with Gasteiger partial charge in [-0.05, 0) is 105 Å². The second kappa shape index (κ2) is 12.5. The fraction of sp³-hybridized carbons (Fsp3) is 0.758. The van der Waals surface area contributed by atoms with Crippen molar-refractivity contribution in [3.63, 3.8) is 0 Å². The zero-order valence-corrected chi connectivity index (χ0v) is 25.5. The highest BCUT2D eigenvalue weighted by atomic mass is 19.4. The first kappa shape index (κ1) is 35.7. The molecule has 10 heteroatoms. The van der Waals surface area contributed by atoms with E-state index >= 15 is 0 Å². The van der Waals surface area contributed by atoms with Crippen molar-refractivity contribution in [2.24, 2.45) is 22.7 Å². The van der Waals surface area contributed by atoms with Crippen molar-refractivity contribution in [1.29, 1.82) is 0 Å². The molecule has 0 aromatic heterocycles. The number of allylic oxidation sites excluding steroid dienone is 3. The fourth-order valence-electron chi connectivity index (χ4n) is 7.84. The van der Waals surface area contributed by atoms with E-state index in [1.54, 1.807) is 13.8 Å². The summed E-state index contributed by atoms with van der Waals surface area (Å²) in [4.78, 5) is 0. The van der Waals surface area contributed by atoms with Gasteiger partial charge in [0.05, 0.1) is 17.8 Å². The lowest BCUT2D eigenvalue weighted by Gasteiger charge is -2.49. The Morgan fingerprint density at radius 2 is 1.60 bits per heavy atom. The quantitative estimate of drug-likeness (QED) is 0.178. The SMILES string of the molecule is C=C1/C(=C\C=C2/CCC[C@@]3(C)C2CC[C@@H]3[C@@](C)(CC#CC(O)(C(F)(F)F)C(F)(F)F)CCCC(C)(C)O)C[C@@H](O)C[C@@H]1O. The first-order valence-corrected chi connectivity index (χ1v) is 15.1. The molecule has 0 aromatic carbocycles. The van der Waals surface area contributed by atoms with Crippen molar-refractivity contribution in [2.75, 3.05) is 0 Å². The van der Waals surface area contributed by atoms with Crippen LogP contribution < -0.4 is 0 Å². The largest absolute Gasteiger partial charge is 0.438 e.